The molecule has 26 heavy (non-hydrogen) atoms. The molecule has 0 radical (unpaired) electrons. The highest BCUT2D eigenvalue weighted by molar-refractivity contribution is 6.30. The van der Waals surface area contributed by atoms with Crippen LogP contribution < -0.4 is 4.74 Å². The van der Waals surface area contributed by atoms with Crippen LogP contribution in [-0.2, 0) is 21.7 Å². The number of hydrogen-bond donors (Lipinski definition) is 0. The standard InChI is InChI=1S/C21H22ClFO3/c1-24-17-5-2-15(3-6-17)13-25-21(10-8-20(9-11-21)14-26-20)18-7-4-16(22)12-19(18)23/h2-7,12H,8-11,13-14H2,1H3/t20-,21+. The highest BCUT2D eigenvalue weighted by Gasteiger charge is 2.52. The van der Waals surface area contributed by atoms with Crippen molar-refractivity contribution in [2.45, 2.75) is 43.5 Å². The normalized spacial score (nSPS) is 27.5. The first-order valence-electron chi connectivity index (χ1n) is 8.91. The first kappa shape index (κ1) is 17.8. The van der Waals surface area contributed by atoms with E-state index in [1.54, 1.807) is 19.2 Å². The molecule has 138 valence electrons. The lowest BCUT2D eigenvalue weighted by atomic mass is 9.74. The van der Waals surface area contributed by atoms with Crippen molar-refractivity contribution in [1.82, 2.24) is 0 Å². The van der Waals surface area contributed by atoms with E-state index in [1.165, 1.54) is 6.07 Å². The molecule has 2 fully saturated rings. The predicted octanol–water partition coefficient (Wildman–Crippen LogP) is 5.24. The Hall–Kier alpha value is -1.62. The zero-order chi connectivity index (χ0) is 18.2. The number of ether oxygens (including phenoxy) is 3. The number of methoxy groups -OCH3 is 1. The lowest BCUT2D eigenvalue weighted by molar-refractivity contribution is -0.0988. The summed E-state index contributed by atoms with van der Waals surface area (Å²) in [6.07, 6.45) is 3.25. The largest absolute Gasteiger partial charge is 0.497 e. The van der Waals surface area contributed by atoms with E-state index in [2.05, 4.69) is 0 Å². The predicted molar refractivity (Wildman–Crippen MR) is 98.0 cm³/mol. The molecule has 4 rings (SSSR count). The van der Waals surface area contributed by atoms with E-state index < -0.39 is 5.60 Å². The minimum Gasteiger partial charge on any atom is -0.497 e. The fourth-order valence-corrected chi connectivity index (χ4v) is 3.95. The molecule has 0 unspecified atom stereocenters. The van der Waals surface area contributed by atoms with Gasteiger partial charge >= 0.3 is 0 Å². The maximum Gasteiger partial charge on any atom is 0.130 e. The van der Waals surface area contributed by atoms with Gasteiger partial charge in [-0.25, -0.2) is 4.39 Å². The Balaban J connectivity index is 1.58. The Labute approximate surface area is 158 Å². The van der Waals surface area contributed by atoms with Crippen LogP contribution in [-0.4, -0.2) is 19.3 Å². The van der Waals surface area contributed by atoms with Gasteiger partial charge in [-0.1, -0.05) is 29.8 Å². The summed E-state index contributed by atoms with van der Waals surface area (Å²) in [7, 11) is 1.64. The van der Waals surface area contributed by atoms with Crippen LogP contribution in [0, 0.1) is 5.82 Å². The molecule has 1 aliphatic carbocycles. The molecule has 2 aliphatic rings. The van der Waals surface area contributed by atoms with Crippen molar-refractivity contribution in [1.29, 1.82) is 0 Å². The summed E-state index contributed by atoms with van der Waals surface area (Å²) in [6, 6.07) is 12.6. The van der Waals surface area contributed by atoms with Gasteiger partial charge in [0.25, 0.3) is 0 Å². The fraction of sp³-hybridized carbons (Fsp3) is 0.429. The smallest absolute Gasteiger partial charge is 0.130 e. The molecule has 1 spiro atoms. The quantitative estimate of drug-likeness (QED) is 0.668. The van der Waals surface area contributed by atoms with Gasteiger partial charge in [0.15, 0.2) is 0 Å². The lowest BCUT2D eigenvalue weighted by Gasteiger charge is -2.40. The molecule has 3 nitrogen and oxygen atoms in total. The first-order valence-corrected chi connectivity index (χ1v) is 9.28. The van der Waals surface area contributed by atoms with Crippen molar-refractivity contribution in [2.75, 3.05) is 13.7 Å². The molecular formula is C21H22ClFO3. The third-order valence-corrected chi connectivity index (χ3v) is 5.85. The second-order valence-corrected chi connectivity index (χ2v) is 7.66. The third kappa shape index (κ3) is 3.46. The average Bonchev–Trinajstić information content (AvgIpc) is 3.42. The molecule has 1 heterocycles. The van der Waals surface area contributed by atoms with Gasteiger partial charge in [0.1, 0.15) is 11.6 Å². The molecule has 1 saturated carbocycles. The van der Waals surface area contributed by atoms with Crippen LogP contribution in [0.5, 0.6) is 5.75 Å². The highest BCUT2D eigenvalue weighted by Crippen LogP contribution is 2.51. The van der Waals surface area contributed by atoms with Gasteiger partial charge in [-0.3, -0.25) is 0 Å². The van der Waals surface area contributed by atoms with Crippen molar-refractivity contribution in [3.63, 3.8) is 0 Å². The van der Waals surface area contributed by atoms with Crippen LogP contribution in [0.4, 0.5) is 4.39 Å². The van der Waals surface area contributed by atoms with E-state index in [0.717, 1.165) is 43.6 Å². The van der Waals surface area contributed by atoms with Crippen LogP contribution in [0.25, 0.3) is 0 Å². The summed E-state index contributed by atoms with van der Waals surface area (Å²) < 4.78 is 31.9. The molecule has 1 saturated heterocycles. The van der Waals surface area contributed by atoms with Crippen LogP contribution in [0.3, 0.4) is 0 Å². The van der Waals surface area contributed by atoms with E-state index in [4.69, 9.17) is 25.8 Å². The molecule has 0 atom stereocenters. The monoisotopic (exact) mass is 376 g/mol. The molecular weight excluding hydrogens is 355 g/mol. The number of benzene rings is 2. The zero-order valence-corrected chi connectivity index (χ0v) is 15.5. The summed E-state index contributed by atoms with van der Waals surface area (Å²) in [5.41, 5.74) is 0.982. The molecule has 0 amide bonds. The number of hydrogen-bond acceptors (Lipinski definition) is 3. The van der Waals surface area contributed by atoms with Gasteiger partial charge in [-0.05, 0) is 55.5 Å². The molecule has 0 aromatic heterocycles. The second kappa shape index (κ2) is 6.84. The van der Waals surface area contributed by atoms with Gasteiger partial charge in [-0.2, -0.15) is 0 Å². The molecule has 2 aromatic rings. The van der Waals surface area contributed by atoms with Gasteiger partial charge in [0.05, 0.1) is 31.5 Å². The number of rotatable bonds is 5. The summed E-state index contributed by atoms with van der Waals surface area (Å²) in [5.74, 6) is 0.498. The van der Waals surface area contributed by atoms with E-state index >= 15 is 0 Å². The first-order chi connectivity index (χ1) is 12.5. The Kier molecular flexibility index (Phi) is 4.68. The lowest BCUT2D eigenvalue weighted by Crippen LogP contribution is -2.38. The fourth-order valence-electron chi connectivity index (χ4n) is 3.79. The summed E-state index contributed by atoms with van der Waals surface area (Å²) in [4.78, 5) is 0. The highest BCUT2D eigenvalue weighted by atomic mass is 35.5. The van der Waals surface area contributed by atoms with Gasteiger partial charge in [0, 0.05) is 10.6 Å². The Morgan fingerprint density at radius 2 is 1.77 bits per heavy atom. The third-order valence-electron chi connectivity index (χ3n) is 5.62. The van der Waals surface area contributed by atoms with Crippen molar-refractivity contribution >= 4 is 11.6 Å². The maximum atomic E-state index is 14.7. The summed E-state index contributed by atoms with van der Waals surface area (Å²) in [5, 5.41) is 0.398. The maximum absolute atomic E-state index is 14.7. The topological polar surface area (TPSA) is 31.0 Å². The van der Waals surface area contributed by atoms with Crippen molar-refractivity contribution in [3.8, 4) is 5.75 Å². The number of epoxide rings is 1. The Bertz CT molecular complexity index is 776. The zero-order valence-electron chi connectivity index (χ0n) is 14.8. The minimum atomic E-state index is -0.647. The van der Waals surface area contributed by atoms with Crippen LogP contribution >= 0.6 is 11.6 Å². The Morgan fingerprint density at radius 1 is 1.08 bits per heavy atom. The van der Waals surface area contributed by atoms with Crippen LogP contribution in [0.1, 0.15) is 36.8 Å². The van der Waals surface area contributed by atoms with Gasteiger partial charge in [-0.15, -0.1) is 0 Å². The summed E-state index contributed by atoms with van der Waals surface area (Å²) >= 11 is 5.95. The minimum absolute atomic E-state index is 0.00980. The van der Waals surface area contributed by atoms with E-state index in [9.17, 15) is 4.39 Å². The second-order valence-electron chi connectivity index (χ2n) is 7.23. The van der Waals surface area contributed by atoms with Crippen molar-refractivity contribution < 1.29 is 18.6 Å². The van der Waals surface area contributed by atoms with Crippen LogP contribution in [0.15, 0.2) is 42.5 Å². The van der Waals surface area contributed by atoms with E-state index in [1.807, 2.05) is 24.3 Å². The summed E-state index contributed by atoms with van der Waals surface area (Å²) in [6.45, 7) is 1.23. The van der Waals surface area contributed by atoms with Crippen molar-refractivity contribution in [3.05, 3.63) is 64.4 Å². The molecule has 0 N–H and O–H groups in total. The van der Waals surface area contributed by atoms with E-state index in [-0.39, 0.29) is 11.4 Å². The van der Waals surface area contributed by atoms with E-state index in [0.29, 0.717) is 17.2 Å². The SMILES string of the molecule is COc1ccc(CO[C@]2(c3ccc(Cl)cc3F)CC[C@]3(CC2)CO3)cc1. The number of halogens is 2. The van der Waals surface area contributed by atoms with Crippen LogP contribution in [0.2, 0.25) is 5.02 Å². The van der Waals surface area contributed by atoms with Crippen molar-refractivity contribution in [2.24, 2.45) is 0 Å². The molecule has 5 heteroatoms. The van der Waals surface area contributed by atoms with Gasteiger partial charge < -0.3 is 14.2 Å². The molecule has 1 aliphatic heterocycles. The average molecular weight is 377 g/mol. The molecule has 0 bridgehead atoms. The van der Waals surface area contributed by atoms with Gasteiger partial charge in [0.2, 0.25) is 0 Å². The Morgan fingerprint density at radius 3 is 2.35 bits per heavy atom. The molecule has 2 aromatic carbocycles.